The molecule has 1 unspecified atom stereocenters. The number of likely N-dealkylation sites (tertiary alicyclic amines) is 1. The summed E-state index contributed by atoms with van der Waals surface area (Å²) in [7, 11) is 1.57. The molecule has 2 aromatic rings. The Kier molecular flexibility index (Phi) is 5.75. The Balaban J connectivity index is 1.35. The Bertz CT molecular complexity index is 1010. The zero-order valence-corrected chi connectivity index (χ0v) is 17.1. The Hall–Kier alpha value is -3.62. The molecule has 9 heteroatoms. The van der Waals surface area contributed by atoms with Crippen LogP contribution >= 0.6 is 0 Å². The van der Waals surface area contributed by atoms with Crippen molar-refractivity contribution in [1.29, 1.82) is 0 Å². The topological polar surface area (TPSA) is 92.3 Å². The van der Waals surface area contributed by atoms with Gasteiger partial charge in [0, 0.05) is 24.3 Å². The van der Waals surface area contributed by atoms with E-state index in [1.54, 1.807) is 42.3 Å². The molecule has 162 valence electrons. The average Bonchev–Trinajstić information content (AvgIpc) is 3.17. The number of benzene rings is 2. The average molecular weight is 426 g/mol. The third kappa shape index (κ3) is 4.76. The van der Waals surface area contributed by atoms with Gasteiger partial charge in [0.1, 0.15) is 17.3 Å². The molecule has 1 spiro atoms. The molecule has 2 aliphatic rings. The van der Waals surface area contributed by atoms with E-state index in [1.165, 1.54) is 18.2 Å². The molecule has 2 aromatic carbocycles. The fourth-order valence-electron chi connectivity index (χ4n) is 3.78. The van der Waals surface area contributed by atoms with Crippen molar-refractivity contribution in [1.82, 2.24) is 4.90 Å². The van der Waals surface area contributed by atoms with Crippen LogP contribution in [0, 0.1) is 5.82 Å². The Labute approximate surface area is 179 Å². The third-order valence-corrected chi connectivity index (χ3v) is 5.35. The second kappa shape index (κ2) is 8.63. The summed E-state index contributed by atoms with van der Waals surface area (Å²) < 4.78 is 18.5. The molecule has 1 saturated heterocycles. The second-order valence-corrected chi connectivity index (χ2v) is 7.64. The molecule has 2 N–H and O–H groups in total. The number of methoxy groups -OCH3 is 1. The molecule has 0 aliphatic carbocycles. The Morgan fingerprint density at radius 3 is 2.71 bits per heavy atom. The molecule has 31 heavy (non-hydrogen) atoms. The summed E-state index contributed by atoms with van der Waals surface area (Å²) in [6.07, 6.45) is 1.69. The van der Waals surface area contributed by atoms with Gasteiger partial charge in [-0.15, -0.1) is 0 Å². The number of halogens is 1. The van der Waals surface area contributed by atoms with Gasteiger partial charge in [0.05, 0.1) is 13.7 Å². The zero-order chi connectivity index (χ0) is 21.8. The third-order valence-electron chi connectivity index (χ3n) is 5.35. The fraction of sp³-hybridized carbons (Fsp3) is 0.318. The number of nitrogens with one attached hydrogen (secondary N) is 2. The first kappa shape index (κ1) is 20.6. The summed E-state index contributed by atoms with van der Waals surface area (Å²) in [5.41, 5.74) is 0.551. The van der Waals surface area contributed by atoms with Crippen LogP contribution < -0.4 is 15.4 Å². The van der Waals surface area contributed by atoms with Crippen molar-refractivity contribution in [2.24, 2.45) is 5.16 Å². The number of urea groups is 1. The van der Waals surface area contributed by atoms with E-state index >= 15 is 0 Å². The number of carbonyl (C=O) groups excluding carboxylic acids is 2. The first-order chi connectivity index (χ1) is 15.0. The van der Waals surface area contributed by atoms with Gasteiger partial charge in [-0.2, -0.15) is 0 Å². The number of ether oxygens (including phenoxy) is 1. The van der Waals surface area contributed by atoms with Crippen LogP contribution in [0.5, 0.6) is 5.75 Å². The SMILES string of the molecule is COc1ccc(NC(=O)C2=NOC3(CCCN(C(=O)Nc4cccc(F)c4)C3)C2)cc1. The Morgan fingerprint density at radius 1 is 1.16 bits per heavy atom. The van der Waals surface area contributed by atoms with Gasteiger partial charge in [-0.25, -0.2) is 9.18 Å². The van der Waals surface area contributed by atoms with Crippen LogP contribution in [0.15, 0.2) is 53.7 Å². The maximum absolute atomic E-state index is 13.4. The van der Waals surface area contributed by atoms with Crippen LogP contribution in [0.2, 0.25) is 0 Å². The van der Waals surface area contributed by atoms with E-state index in [0.717, 1.165) is 0 Å². The van der Waals surface area contributed by atoms with Crippen LogP contribution in [-0.4, -0.2) is 48.4 Å². The number of piperidine rings is 1. The fourth-order valence-corrected chi connectivity index (χ4v) is 3.78. The van der Waals surface area contributed by atoms with Gasteiger partial charge in [0.2, 0.25) is 0 Å². The number of amides is 3. The highest BCUT2D eigenvalue weighted by molar-refractivity contribution is 6.43. The van der Waals surface area contributed by atoms with Gasteiger partial charge in [0.15, 0.2) is 5.60 Å². The lowest BCUT2D eigenvalue weighted by molar-refractivity contribution is -0.110. The van der Waals surface area contributed by atoms with Crippen LogP contribution in [0.1, 0.15) is 19.3 Å². The van der Waals surface area contributed by atoms with Gasteiger partial charge in [-0.05, 0) is 55.3 Å². The Morgan fingerprint density at radius 2 is 1.97 bits per heavy atom. The first-order valence-corrected chi connectivity index (χ1v) is 9.98. The molecule has 0 bridgehead atoms. The lowest BCUT2D eigenvalue weighted by Crippen LogP contribution is -2.52. The van der Waals surface area contributed by atoms with Crippen molar-refractivity contribution in [3.05, 3.63) is 54.3 Å². The van der Waals surface area contributed by atoms with E-state index in [9.17, 15) is 14.0 Å². The molecule has 2 aliphatic heterocycles. The van der Waals surface area contributed by atoms with Gasteiger partial charge in [-0.1, -0.05) is 11.2 Å². The van der Waals surface area contributed by atoms with Gasteiger partial charge < -0.3 is 25.1 Å². The number of hydrogen-bond donors (Lipinski definition) is 2. The number of carbonyl (C=O) groups is 2. The van der Waals surface area contributed by atoms with Crippen LogP contribution in [0.3, 0.4) is 0 Å². The predicted molar refractivity (Wildman–Crippen MR) is 114 cm³/mol. The minimum absolute atomic E-state index is 0.281. The van der Waals surface area contributed by atoms with Crippen LogP contribution in [-0.2, 0) is 9.63 Å². The highest BCUT2D eigenvalue weighted by atomic mass is 19.1. The monoisotopic (exact) mass is 426 g/mol. The molecule has 2 heterocycles. The van der Waals surface area contributed by atoms with E-state index in [-0.39, 0.29) is 24.2 Å². The van der Waals surface area contributed by atoms with Gasteiger partial charge in [-0.3, -0.25) is 4.79 Å². The number of oxime groups is 1. The molecule has 8 nitrogen and oxygen atoms in total. The maximum Gasteiger partial charge on any atom is 0.321 e. The van der Waals surface area contributed by atoms with Gasteiger partial charge in [0.25, 0.3) is 5.91 Å². The number of hydrogen-bond acceptors (Lipinski definition) is 5. The van der Waals surface area contributed by atoms with Crippen molar-refractivity contribution in [2.75, 3.05) is 30.8 Å². The lowest BCUT2D eigenvalue weighted by atomic mass is 9.88. The van der Waals surface area contributed by atoms with Crippen molar-refractivity contribution >= 4 is 29.0 Å². The molecule has 0 saturated carbocycles. The highest BCUT2D eigenvalue weighted by Gasteiger charge is 2.45. The molecular weight excluding hydrogens is 403 g/mol. The predicted octanol–water partition coefficient (Wildman–Crippen LogP) is 3.62. The van der Waals surface area contributed by atoms with Crippen molar-refractivity contribution < 1.29 is 23.6 Å². The highest BCUT2D eigenvalue weighted by Crippen LogP contribution is 2.34. The summed E-state index contributed by atoms with van der Waals surface area (Å²) in [6.45, 7) is 0.830. The van der Waals surface area contributed by atoms with E-state index in [2.05, 4.69) is 15.8 Å². The zero-order valence-electron chi connectivity index (χ0n) is 17.1. The summed E-state index contributed by atoms with van der Waals surface area (Å²) in [4.78, 5) is 32.5. The molecule has 1 atom stereocenters. The minimum atomic E-state index is -0.732. The van der Waals surface area contributed by atoms with E-state index in [0.29, 0.717) is 42.9 Å². The van der Waals surface area contributed by atoms with Crippen LogP contribution in [0.25, 0.3) is 0 Å². The molecule has 4 rings (SSSR count). The number of rotatable bonds is 4. The summed E-state index contributed by atoms with van der Waals surface area (Å²) >= 11 is 0. The summed E-state index contributed by atoms with van der Waals surface area (Å²) in [5, 5.41) is 9.50. The van der Waals surface area contributed by atoms with E-state index in [4.69, 9.17) is 9.57 Å². The first-order valence-electron chi connectivity index (χ1n) is 9.98. The molecule has 0 radical (unpaired) electrons. The van der Waals surface area contributed by atoms with Crippen molar-refractivity contribution in [3.63, 3.8) is 0 Å². The summed E-state index contributed by atoms with van der Waals surface area (Å²) in [5.74, 6) is -0.0753. The lowest BCUT2D eigenvalue weighted by Gasteiger charge is -2.38. The molecule has 1 fully saturated rings. The molecule has 3 amide bonds. The largest absolute Gasteiger partial charge is 0.497 e. The second-order valence-electron chi connectivity index (χ2n) is 7.64. The van der Waals surface area contributed by atoms with E-state index < -0.39 is 11.4 Å². The number of anilines is 2. The molecule has 0 aromatic heterocycles. The maximum atomic E-state index is 13.4. The van der Waals surface area contributed by atoms with Gasteiger partial charge >= 0.3 is 6.03 Å². The number of nitrogens with zero attached hydrogens (tertiary/aromatic N) is 2. The van der Waals surface area contributed by atoms with E-state index in [1.807, 2.05) is 0 Å². The van der Waals surface area contributed by atoms with Crippen molar-refractivity contribution in [2.45, 2.75) is 24.9 Å². The summed E-state index contributed by atoms with van der Waals surface area (Å²) in [6, 6.07) is 12.4. The van der Waals surface area contributed by atoms with Crippen LogP contribution in [0.4, 0.5) is 20.6 Å². The molecular formula is C22H23FN4O4. The minimum Gasteiger partial charge on any atom is -0.497 e. The normalized spacial score (nSPS) is 20.1. The smallest absolute Gasteiger partial charge is 0.321 e. The van der Waals surface area contributed by atoms with Crippen molar-refractivity contribution in [3.8, 4) is 5.75 Å². The quantitative estimate of drug-likeness (QED) is 0.781. The standard InChI is InChI=1S/C22H23FN4O4/c1-30-18-8-6-16(7-9-18)24-20(28)19-13-22(31-26-19)10-3-11-27(14-22)21(29)25-17-5-2-4-15(23)12-17/h2,4-9,12H,3,10-11,13-14H2,1H3,(H,24,28)(H,25,29).